The van der Waals surface area contributed by atoms with Crippen LogP contribution >= 0.6 is 0 Å². The van der Waals surface area contributed by atoms with E-state index in [-0.39, 0.29) is 11.8 Å². The highest BCUT2D eigenvalue weighted by Gasteiger charge is 2.29. The van der Waals surface area contributed by atoms with Gasteiger partial charge in [-0.25, -0.2) is 0 Å². The van der Waals surface area contributed by atoms with Gasteiger partial charge in [-0.15, -0.1) is 0 Å². The highest BCUT2D eigenvalue weighted by molar-refractivity contribution is 5.94. The van der Waals surface area contributed by atoms with E-state index in [1.54, 1.807) is 7.11 Å². The summed E-state index contributed by atoms with van der Waals surface area (Å²) in [4.78, 5) is 12.0. The molecule has 0 bridgehead atoms. The van der Waals surface area contributed by atoms with Crippen molar-refractivity contribution in [3.63, 3.8) is 0 Å². The molecule has 1 aliphatic rings. The molecule has 1 atom stereocenters. The van der Waals surface area contributed by atoms with Gasteiger partial charge in [-0.05, 0) is 43.2 Å². The van der Waals surface area contributed by atoms with Crippen LogP contribution in [0.1, 0.15) is 34.6 Å². The van der Waals surface area contributed by atoms with Gasteiger partial charge in [0, 0.05) is 24.1 Å². The van der Waals surface area contributed by atoms with Gasteiger partial charge in [0.15, 0.2) is 17.3 Å². The standard InChI is InChI=1S/C21H21N3O3/c1-12-4-6-17(13(2)8-12)27-18-7-5-14(9-19(18)26-3)15-10-20(25)23-21-16(15)11-22-24-21/h4-9,11,15H,10H2,1-3H3,(H2,22,23,24,25). The molecule has 1 aromatic heterocycles. The van der Waals surface area contributed by atoms with Crippen molar-refractivity contribution < 1.29 is 14.3 Å². The lowest BCUT2D eigenvalue weighted by molar-refractivity contribution is -0.116. The molecule has 1 unspecified atom stereocenters. The van der Waals surface area contributed by atoms with Crippen LogP contribution in [0.5, 0.6) is 17.2 Å². The maximum absolute atomic E-state index is 12.0. The number of hydrogen-bond donors (Lipinski definition) is 2. The summed E-state index contributed by atoms with van der Waals surface area (Å²) in [7, 11) is 1.62. The molecule has 1 aliphatic heterocycles. The molecule has 6 nitrogen and oxygen atoms in total. The second-order valence-corrected chi connectivity index (χ2v) is 6.78. The van der Waals surface area contributed by atoms with Gasteiger partial charge >= 0.3 is 0 Å². The Hall–Kier alpha value is -3.28. The molecule has 0 fully saturated rings. The number of aryl methyl sites for hydroxylation is 2. The number of nitrogens with one attached hydrogen (secondary N) is 2. The molecule has 0 radical (unpaired) electrons. The van der Waals surface area contributed by atoms with Crippen molar-refractivity contribution in [2.75, 3.05) is 12.4 Å². The van der Waals surface area contributed by atoms with Crippen molar-refractivity contribution in [2.45, 2.75) is 26.2 Å². The Bertz CT molecular complexity index is 1010. The van der Waals surface area contributed by atoms with Gasteiger partial charge in [0.2, 0.25) is 5.91 Å². The number of carbonyl (C=O) groups is 1. The number of hydrogen-bond acceptors (Lipinski definition) is 4. The average molecular weight is 363 g/mol. The number of fused-ring (bicyclic) bond motifs is 1. The average Bonchev–Trinajstić information content (AvgIpc) is 3.12. The first-order chi connectivity index (χ1) is 13.0. The normalized spacial score (nSPS) is 15.8. The maximum Gasteiger partial charge on any atom is 0.226 e. The lowest BCUT2D eigenvalue weighted by atomic mass is 9.87. The van der Waals surface area contributed by atoms with E-state index in [9.17, 15) is 4.79 Å². The highest BCUT2D eigenvalue weighted by Crippen LogP contribution is 2.40. The van der Waals surface area contributed by atoms with Gasteiger partial charge in [0.1, 0.15) is 5.75 Å². The minimum absolute atomic E-state index is 0.0471. The first-order valence-electron chi connectivity index (χ1n) is 8.81. The lowest BCUT2D eigenvalue weighted by Crippen LogP contribution is -2.22. The minimum Gasteiger partial charge on any atom is -0.493 e. The predicted molar refractivity (Wildman–Crippen MR) is 103 cm³/mol. The Morgan fingerprint density at radius 1 is 1.07 bits per heavy atom. The summed E-state index contributed by atoms with van der Waals surface area (Å²) in [6, 6.07) is 11.8. The fourth-order valence-corrected chi connectivity index (χ4v) is 3.46. The van der Waals surface area contributed by atoms with Crippen LogP contribution in [-0.4, -0.2) is 23.2 Å². The first kappa shape index (κ1) is 17.1. The number of nitrogens with zero attached hydrogens (tertiary/aromatic N) is 1. The zero-order valence-corrected chi connectivity index (χ0v) is 15.5. The van der Waals surface area contributed by atoms with Crippen molar-refractivity contribution in [1.29, 1.82) is 0 Å². The second-order valence-electron chi connectivity index (χ2n) is 6.78. The number of aromatic amines is 1. The van der Waals surface area contributed by atoms with Gasteiger partial charge in [0.05, 0.1) is 7.11 Å². The van der Waals surface area contributed by atoms with E-state index >= 15 is 0 Å². The monoisotopic (exact) mass is 363 g/mol. The quantitative estimate of drug-likeness (QED) is 0.724. The maximum atomic E-state index is 12.0. The summed E-state index contributed by atoms with van der Waals surface area (Å²) in [5.74, 6) is 2.53. The topological polar surface area (TPSA) is 76.2 Å². The van der Waals surface area contributed by atoms with Crippen LogP contribution < -0.4 is 14.8 Å². The molecule has 0 saturated heterocycles. The molecule has 2 heterocycles. The first-order valence-corrected chi connectivity index (χ1v) is 8.81. The van der Waals surface area contributed by atoms with E-state index in [0.717, 1.165) is 22.4 Å². The third-order valence-electron chi connectivity index (χ3n) is 4.83. The molecule has 27 heavy (non-hydrogen) atoms. The number of ether oxygens (including phenoxy) is 2. The molecular weight excluding hydrogens is 342 g/mol. The number of amides is 1. The Kier molecular flexibility index (Phi) is 4.32. The zero-order valence-electron chi connectivity index (χ0n) is 15.5. The fraction of sp³-hybridized carbons (Fsp3) is 0.238. The molecule has 0 spiro atoms. The fourth-order valence-electron chi connectivity index (χ4n) is 3.46. The number of aromatic nitrogens is 2. The van der Waals surface area contributed by atoms with E-state index < -0.39 is 0 Å². The Labute approximate surface area is 157 Å². The molecule has 3 aromatic rings. The summed E-state index contributed by atoms with van der Waals surface area (Å²) in [5, 5.41) is 9.71. The lowest BCUT2D eigenvalue weighted by Gasteiger charge is -2.23. The molecule has 1 amide bonds. The predicted octanol–water partition coefficient (Wildman–Crippen LogP) is 4.30. The van der Waals surface area contributed by atoms with Gasteiger partial charge < -0.3 is 14.8 Å². The van der Waals surface area contributed by atoms with Crippen molar-refractivity contribution in [3.8, 4) is 17.2 Å². The highest BCUT2D eigenvalue weighted by atomic mass is 16.5. The number of methoxy groups -OCH3 is 1. The third-order valence-corrected chi connectivity index (χ3v) is 4.83. The molecule has 0 aliphatic carbocycles. The second kappa shape index (κ2) is 6.79. The van der Waals surface area contributed by atoms with E-state index in [2.05, 4.69) is 28.5 Å². The Morgan fingerprint density at radius 3 is 2.67 bits per heavy atom. The number of carbonyl (C=O) groups excluding carboxylic acids is 1. The van der Waals surface area contributed by atoms with E-state index in [1.807, 2.05) is 43.5 Å². The number of H-pyrrole nitrogens is 1. The van der Waals surface area contributed by atoms with Crippen molar-refractivity contribution >= 4 is 11.7 Å². The van der Waals surface area contributed by atoms with Crippen LogP contribution in [0.2, 0.25) is 0 Å². The summed E-state index contributed by atoms with van der Waals surface area (Å²) in [6.45, 7) is 4.07. The SMILES string of the molecule is COc1cc(C2CC(=O)Nc3n[nH]cc32)ccc1Oc1ccc(C)cc1C. The minimum atomic E-state index is -0.0726. The Morgan fingerprint density at radius 2 is 1.89 bits per heavy atom. The molecule has 2 aromatic carbocycles. The molecule has 4 rings (SSSR count). The number of rotatable bonds is 4. The van der Waals surface area contributed by atoms with Crippen LogP contribution in [0, 0.1) is 13.8 Å². The van der Waals surface area contributed by atoms with E-state index in [4.69, 9.17) is 9.47 Å². The third kappa shape index (κ3) is 3.26. The van der Waals surface area contributed by atoms with Gasteiger partial charge in [-0.2, -0.15) is 5.10 Å². The van der Waals surface area contributed by atoms with Crippen LogP contribution in [0.3, 0.4) is 0 Å². The summed E-state index contributed by atoms with van der Waals surface area (Å²) >= 11 is 0. The number of anilines is 1. The molecular formula is C21H21N3O3. The zero-order chi connectivity index (χ0) is 19.0. The van der Waals surface area contributed by atoms with Crippen LogP contribution in [0.15, 0.2) is 42.6 Å². The summed E-state index contributed by atoms with van der Waals surface area (Å²) in [5.41, 5.74) is 4.21. The van der Waals surface area contributed by atoms with Gasteiger partial charge in [-0.1, -0.05) is 23.8 Å². The van der Waals surface area contributed by atoms with Gasteiger partial charge in [-0.3, -0.25) is 9.89 Å². The van der Waals surface area contributed by atoms with Crippen molar-refractivity contribution in [3.05, 3.63) is 64.8 Å². The van der Waals surface area contributed by atoms with Crippen LogP contribution in [0.4, 0.5) is 5.82 Å². The van der Waals surface area contributed by atoms with E-state index in [1.165, 1.54) is 5.56 Å². The molecule has 0 saturated carbocycles. The largest absolute Gasteiger partial charge is 0.493 e. The summed E-state index contributed by atoms with van der Waals surface area (Å²) < 4.78 is 11.6. The van der Waals surface area contributed by atoms with Crippen LogP contribution in [0.25, 0.3) is 0 Å². The van der Waals surface area contributed by atoms with E-state index in [0.29, 0.717) is 23.7 Å². The summed E-state index contributed by atoms with van der Waals surface area (Å²) in [6.07, 6.45) is 2.19. The van der Waals surface area contributed by atoms with Crippen molar-refractivity contribution in [2.24, 2.45) is 0 Å². The Balaban J connectivity index is 1.67. The molecule has 6 heteroatoms. The van der Waals surface area contributed by atoms with Crippen LogP contribution in [-0.2, 0) is 4.79 Å². The van der Waals surface area contributed by atoms with Crippen molar-refractivity contribution in [1.82, 2.24) is 10.2 Å². The smallest absolute Gasteiger partial charge is 0.226 e. The molecule has 138 valence electrons. The number of benzene rings is 2. The van der Waals surface area contributed by atoms with Gasteiger partial charge in [0.25, 0.3) is 0 Å². The molecule has 2 N–H and O–H groups in total.